The van der Waals surface area contributed by atoms with Crippen LogP contribution in [-0.4, -0.2) is 50.0 Å². The Labute approximate surface area is 185 Å². The number of fused-ring (bicyclic) bond motifs is 1. The monoisotopic (exact) mass is 430 g/mol. The minimum absolute atomic E-state index is 0.0164. The van der Waals surface area contributed by atoms with Crippen LogP contribution in [0.2, 0.25) is 0 Å². The van der Waals surface area contributed by atoms with Crippen molar-refractivity contribution in [2.75, 3.05) is 37.0 Å². The Kier molecular flexibility index (Phi) is 5.64. The first-order valence-electron chi connectivity index (χ1n) is 10.1. The number of nitrogens with zero attached hydrogens (tertiary/aromatic N) is 2. The topological polar surface area (TPSA) is 87.1 Å². The van der Waals surface area contributed by atoms with E-state index in [1.165, 1.54) is 19.2 Å². The molecule has 0 saturated carbocycles. The van der Waals surface area contributed by atoms with Gasteiger partial charge in [-0.3, -0.25) is 9.59 Å². The average Bonchev–Trinajstić information content (AvgIpc) is 2.83. The zero-order valence-corrected chi connectivity index (χ0v) is 17.7. The molecular weight excluding hydrogens is 408 g/mol. The Hall–Kier alpha value is -4.13. The molecular formula is C25H22N2O5. The van der Waals surface area contributed by atoms with E-state index in [-0.39, 0.29) is 17.4 Å². The Bertz CT molecular complexity index is 1200. The van der Waals surface area contributed by atoms with E-state index in [0.29, 0.717) is 41.0 Å². The number of rotatable bonds is 4. The molecule has 0 radical (unpaired) electrons. The number of ketones is 1. The van der Waals surface area contributed by atoms with Gasteiger partial charge in [0.25, 0.3) is 5.91 Å². The van der Waals surface area contributed by atoms with Gasteiger partial charge in [0, 0.05) is 36.8 Å². The number of likely N-dealkylation sites (N-methyl/N-ethyl adjacent to an activating group) is 1. The third-order valence-electron chi connectivity index (χ3n) is 5.51. The van der Waals surface area contributed by atoms with E-state index >= 15 is 0 Å². The summed E-state index contributed by atoms with van der Waals surface area (Å²) in [4.78, 5) is 41.6. The Morgan fingerprint density at radius 1 is 0.812 bits per heavy atom. The maximum Gasteiger partial charge on any atom is 0.337 e. The van der Waals surface area contributed by atoms with E-state index in [0.717, 1.165) is 5.69 Å². The van der Waals surface area contributed by atoms with Gasteiger partial charge in [0.15, 0.2) is 5.78 Å². The summed E-state index contributed by atoms with van der Waals surface area (Å²) >= 11 is 0. The fourth-order valence-corrected chi connectivity index (χ4v) is 3.74. The van der Waals surface area contributed by atoms with Gasteiger partial charge < -0.3 is 19.6 Å². The highest BCUT2D eigenvalue weighted by Crippen LogP contribution is 2.34. The highest BCUT2D eigenvalue weighted by molar-refractivity contribution is 6.11. The summed E-state index contributed by atoms with van der Waals surface area (Å²) in [5, 5.41) is 9.60. The van der Waals surface area contributed by atoms with Gasteiger partial charge in [-0.25, -0.2) is 4.79 Å². The molecule has 1 heterocycles. The SMILES string of the molecule is COC(=O)c1ccc2c(c1)N(C(=O)c1ccc(C(=O)c3cccc(O)c3)cc1)CCN2C. The van der Waals surface area contributed by atoms with Gasteiger partial charge in [-0.15, -0.1) is 0 Å². The van der Waals surface area contributed by atoms with Crippen molar-refractivity contribution in [1.82, 2.24) is 0 Å². The van der Waals surface area contributed by atoms with Gasteiger partial charge in [-0.2, -0.15) is 0 Å². The maximum atomic E-state index is 13.3. The zero-order valence-electron chi connectivity index (χ0n) is 17.7. The molecule has 0 spiro atoms. The van der Waals surface area contributed by atoms with E-state index in [2.05, 4.69) is 0 Å². The number of esters is 1. The van der Waals surface area contributed by atoms with Crippen LogP contribution in [0.15, 0.2) is 66.7 Å². The van der Waals surface area contributed by atoms with E-state index in [1.807, 2.05) is 11.9 Å². The predicted molar refractivity (Wildman–Crippen MR) is 121 cm³/mol. The average molecular weight is 430 g/mol. The molecule has 4 rings (SSSR count). The standard InChI is InChI=1S/C25H22N2O5/c1-26-12-13-27(22-15-19(25(31)32-2)10-11-21(22)26)24(30)17-8-6-16(7-9-17)23(29)18-4-3-5-20(28)14-18/h3-11,14-15,28H,12-13H2,1-2H3. The van der Waals surface area contributed by atoms with Crippen molar-refractivity contribution in [3.8, 4) is 5.75 Å². The lowest BCUT2D eigenvalue weighted by molar-refractivity contribution is 0.0600. The molecule has 1 amide bonds. The summed E-state index contributed by atoms with van der Waals surface area (Å²) in [6, 6.07) is 17.7. The van der Waals surface area contributed by atoms with Crippen LogP contribution in [0.3, 0.4) is 0 Å². The van der Waals surface area contributed by atoms with Gasteiger partial charge in [-0.05, 0) is 42.5 Å². The highest BCUT2D eigenvalue weighted by Gasteiger charge is 2.27. The lowest BCUT2D eigenvalue weighted by Crippen LogP contribution is -2.42. The molecule has 3 aromatic rings. The number of ether oxygens (including phenoxy) is 1. The van der Waals surface area contributed by atoms with Gasteiger partial charge in [0.05, 0.1) is 24.0 Å². The number of phenolic OH excluding ortho intramolecular Hbond substituents is 1. The predicted octanol–water partition coefficient (Wildman–Crippen LogP) is 3.51. The molecule has 0 atom stereocenters. The fraction of sp³-hybridized carbons (Fsp3) is 0.160. The lowest BCUT2D eigenvalue weighted by atomic mass is 10.0. The summed E-state index contributed by atoms with van der Waals surface area (Å²) in [6.07, 6.45) is 0. The first-order valence-corrected chi connectivity index (χ1v) is 10.1. The second-order valence-corrected chi connectivity index (χ2v) is 7.53. The number of aromatic hydroxyl groups is 1. The molecule has 0 unspecified atom stereocenters. The van der Waals surface area contributed by atoms with Gasteiger partial charge >= 0.3 is 5.97 Å². The van der Waals surface area contributed by atoms with E-state index in [9.17, 15) is 19.5 Å². The molecule has 32 heavy (non-hydrogen) atoms. The van der Waals surface area contributed by atoms with Gasteiger partial charge in [-0.1, -0.05) is 24.3 Å². The van der Waals surface area contributed by atoms with Crippen LogP contribution in [0, 0.1) is 0 Å². The van der Waals surface area contributed by atoms with Crippen molar-refractivity contribution in [2.45, 2.75) is 0 Å². The molecule has 1 aliphatic rings. The molecule has 162 valence electrons. The van der Waals surface area contributed by atoms with Crippen LogP contribution in [0.25, 0.3) is 0 Å². The zero-order chi connectivity index (χ0) is 22.8. The van der Waals surface area contributed by atoms with Crippen molar-refractivity contribution in [1.29, 1.82) is 0 Å². The fourth-order valence-electron chi connectivity index (χ4n) is 3.74. The smallest absolute Gasteiger partial charge is 0.337 e. The van der Waals surface area contributed by atoms with Crippen molar-refractivity contribution >= 4 is 29.0 Å². The number of hydrogen-bond donors (Lipinski definition) is 1. The normalized spacial score (nSPS) is 12.8. The van der Waals surface area contributed by atoms with Crippen LogP contribution in [0.5, 0.6) is 5.75 Å². The molecule has 7 heteroatoms. The number of amides is 1. The highest BCUT2D eigenvalue weighted by atomic mass is 16.5. The summed E-state index contributed by atoms with van der Waals surface area (Å²) in [6.45, 7) is 1.10. The minimum Gasteiger partial charge on any atom is -0.508 e. The van der Waals surface area contributed by atoms with E-state index < -0.39 is 5.97 Å². The molecule has 1 N–H and O–H groups in total. The summed E-state index contributed by atoms with van der Waals surface area (Å²) in [5.74, 6) is -0.920. The number of carbonyl (C=O) groups excluding carboxylic acids is 3. The van der Waals surface area contributed by atoms with Gasteiger partial charge in [0.2, 0.25) is 0 Å². The lowest BCUT2D eigenvalue weighted by Gasteiger charge is -2.36. The first-order chi connectivity index (χ1) is 15.4. The number of hydrogen-bond acceptors (Lipinski definition) is 6. The largest absolute Gasteiger partial charge is 0.508 e. The quantitative estimate of drug-likeness (QED) is 0.504. The van der Waals surface area contributed by atoms with Crippen LogP contribution in [0.1, 0.15) is 36.6 Å². The van der Waals surface area contributed by atoms with Gasteiger partial charge in [0.1, 0.15) is 5.75 Å². The van der Waals surface area contributed by atoms with E-state index in [1.54, 1.807) is 59.5 Å². The van der Waals surface area contributed by atoms with Crippen LogP contribution < -0.4 is 9.80 Å². The molecule has 0 saturated heterocycles. The molecule has 3 aromatic carbocycles. The van der Waals surface area contributed by atoms with Crippen LogP contribution >= 0.6 is 0 Å². The number of anilines is 2. The molecule has 7 nitrogen and oxygen atoms in total. The maximum absolute atomic E-state index is 13.3. The summed E-state index contributed by atoms with van der Waals surface area (Å²) < 4.78 is 4.81. The number of phenols is 1. The Morgan fingerprint density at radius 2 is 1.50 bits per heavy atom. The molecule has 0 aliphatic carbocycles. The first kappa shape index (κ1) is 21.1. The summed E-state index contributed by atoms with van der Waals surface area (Å²) in [7, 11) is 3.25. The second kappa shape index (κ2) is 8.55. The number of benzene rings is 3. The second-order valence-electron chi connectivity index (χ2n) is 7.53. The Morgan fingerprint density at radius 3 is 2.19 bits per heavy atom. The van der Waals surface area contributed by atoms with Crippen molar-refractivity contribution < 1.29 is 24.2 Å². The molecule has 1 aliphatic heterocycles. The number of carbonyl (C=O) groups is 3. The molecule has 0 bridgehead atoms. The van der Waals surface area contributed by atoms with Crippen LogP contribution in [-0.2, 0) is 4.74 Å². The van der Waals surface area contributed by atoms with Crippen LogP contribution in [0.4, 0.5) is 11.4 Å². The third kappa shape index (κ3) is 3.92. The van der Waals surface area contributed by atoms with Crippen molar-refractivity contribution in [3.05, 3.63) is 89.0 Å². The van der Waals surface area contributed by atoms with Crippen molar-refractivity contribution in [3.63, 3.8) is 0 Å². The molecule has 0 fully saturated rings. The van der Waals surface area contributed by atoms with E-state index in [4.69, 9.17) is 4.74 Å². The summed E-state index contributed by atoms with van der Waals surface area (Å²) in [5.41, 5.74) is 3.05. The molecule has 0 aromatic heterocycles. The number of methoxy groups -OCH3 is 1. The van der Waals surface area contributed by atoms with Crippen molar-refractivity contribution in [2.24, 2.45) is 0 Å². The third-order valence-corrected chi connectivity index (χ3v) is 5.51. The Balaban J connectivity index is 1.62. The minimum atomic E-state index is -0.469.